The van der Waals surface area contributed by atoms with Gasteiger partial charge in [-0.1, -0.05) is 35.9 Å². The Balaban J connectivity index is 2.15. The van der Waals surface area contributed by atoms with Crippen LogP contribution in [-0.4, -0.2) is 12.5 Å². The van der Waals surface area contributed by atoms with Crippen LogP contribution in [0.4, 0.5) is 5.69 Å². The second-order valence-electron chi connectivity index (χ2n) is 4.36. The van der Waals surface area contributed by atoms with Crippen molar-refractivity contribution in [3.05, 3.63) is 69.1 Å². The van der Waals surface area contributed by atoms with Crippen LogP contribution < -0.4 is 10.1 Å². The van der Waals surface area contributed by atoms with Crippen molar-refractivity contribution in [1.29, 1.82) is 0 Å². The Hall–Kier alpha value is -1.49. The monoisotopic (exact) mass is 399 g/mol. The first kappa shape index (κ1) is 16.9. The average Bonchev–Trinajstić information content (AvgIpc) is 2.44. The normalized spacial score (nSPS) is 10.1. The number of anilines is 1. The molecule has 0 unspecified atom stereocenters. The van der Waals surface area contributed by atoms with Crippen LogP contribution in [-0.2, 0) is 0 Å². The molecule has 3 nitrogen and oxygen atoms in total. The zero-order valence-electron chi connectivity index (χ0n) is 11.4. The number of hydrogen-bond acceptors (Lipinski definition) is 2. The third-order valence-corrected chi connectivity index (χ3v) is 3.73. The van der Waals surface area contributed by atoms with Gasteiger partial charge in [0.15, 0.2) is 0 Å². The molecule has 0 fully saturated rings. The van der Waals surface area contributed by atoms with E-state index in [1.165, 1.54) is 0 Å². The van der Waals surface area contributed by atoms with Crippen molar-refractivity contribution in [3.63, 3.8) is 0 Å². The van der Waals surface area contributed by atoms with E-state index < -0.39 is 0 Å². The van der Waals surface area contributed by atoms with E-state index in [-0.39, 0.29) is 5.91 Å². The zero-order valence-corrected chi connectivity index (χ0v) is 14.5. The van der Waals surface area contributed by atoms with E-state index in [9.17, 15) is 4.79 Å². The lowest BCUT2D eigenvalue weighted by Crippen LogP contribution is -2.12. The number of nitrogens with one attached hydrogen (secondary N) is 1. The maximum absolute atomic E-state index is 12.2. The van der Waals surface area contributed by atoms with Gasteiger partial charge in [-0.05, 0) is 52.3 Å². The number of hydrogen-bond donors (Lipinski definition) is 1. The second-order valence-corrected chi connectivity index (χ2v) is 6.08. The van der Waals surface area contributed by atoms with Crippen LogP contribution in [0.5, 0.6) is 5.75 Å². The summed E-state index contributed by atoms with van der Waals surface area (Å²) in [4.78, 5) is 12.2. The van der Waals surface area contributed by atoms with Gasteiger partial charge in [0.1, 0.15) is 12.4 Å². The second kappa shape index (κ2) is 7.68. The van der Waals surface area contributed by atoms with Gasteiger partial charge in [0.25, 0.3) is 5.91 Å². The number of ether oxygens (including phenoxy) is 1. The molecule has 2 rings (SSSR count). The van der Waals surface area contributed by atoms with E-state index in [4.69, 9.17) is 27.9 Å². The molecule has 2 aromatic rings. The molecule has 0 bridgehead atoms. The Labute approximate surface area is 147 Å². The SMILES string of the molecule is C=CCOc1ccc(C(=O)Nc2cc(Cl)cc(Cl)c2)cc1Br. The number of carbonyl (C=O) groups is 1. The summed E-state index contributed by atoms with van der Waals surface area (Å²) in [5.74, 6) is 0.372. The molecule has 0 saturated carbocycles. The van der Waals surface area contributed by atoms with Crippen LogP contribution in [0.2, 0.25) is 10.0 Å². The summed E-state index contributed by atoms with van der Waals surface area (Å²) in [6.07, 6.45) is 1.65. The Bertz CT molecular complexity index is 699. The maximum Gasteiger partial charge on any atom is 0.255 e. The molecule has 0 radical (unpaired) electrons. The molecule has 114 valence electrons. The van der Waals surface area contributed by atoms with E-state index in [1.807, 2.05) is 0 Å². The molecular weight excluding hydrogens is 389 g/mol. The van der Waals surface area contributed by atoms with Crippen molar-refractivity contribution in [3.8, 4) is 5.75 Å². The summed E-state index contributed by atoms with van der Waals surface area (Å²) in [7, 11) is 0. The molecular formula is C16H12BrCl2NO2. The third-order valence-electron chi connectivity index (χ3n) is 2.67. The Morgan fingerprint density at radius 2 is 1.91 bits per heavy atom. The van der Waals surface area contributed by atoms with E-state index in [2.05, 4.69) is 27.8 Å². The predicted octanol–water partition coefficient (Wildman–Crippen LogP) is 5.57. The number of benzene rings is 2. The van der Waals surface area contributed by atoms with Crippen molar-refractivity contribution < 1.29 is 9.53 Å². The molecule has 0 atom stereocenters. The van der Waals surface area contributed by atoms with E-state index in [1.54, 1.807) is 42.5 Å². The maximum atomic E-state index is 12.2. The zero-order chi connectivity index (χ0) is 16.1. The first-order chi connectivity index (χ1) is 10.5. The smallest absolute Gasteiger partial charge is 0.255 e. The number of rotatable bonds is 5. The molecule has 1 amide bonds. The summed E-state index contributed by atoms with van der Waals surface area (Å²) in [5.41, 5.74) is 1.01. The minimum absolute atomic E-state index is 0.269. The average molecular weight is 401 g/mol. The van der Waals surface area contributed by atoms with Crippen molar-refractivity contribution >= 4 is 50.7 Å². The van der Waals surface area contributed by atoms with E-state index in [0.29, 0.717) is 38.1 Å². The van der Waals surface area contributed by atoms with Crippen molar-refractivity contribution in [2.75, 3.05) is 11.9 Å². The fourth-order valence-corrected chi connectivity index (χ4v) is 2.76. The summed E-state index contributed by atoms with van der Waals surface area (Å²) < 4.78 is 6.13. The molecule has 0 spiro atoms. The number of amides is 1. The predicted molar refractivity (Wildman–Crippen MR) is 94.2 cm³/mol. The van der Waals surface area contributed by atoms with Gasteiger partial charge in [0, 0.05) is 21.3 Å². The molecule has 0 aliphatic carbocycles. The summed E-state index contributed by atoms with van der Waals surface area (Å²) in [5, 5.41) is 3.66. The van der Waals surface area contributed by atoms with Gasteiger partial charge in [-0.15, -0.1) is 0 Å². The fraction of sp³-hybridized carbons (Fsp3) is 0.0625. The molecule has 0 aliphatic heterocycles. The molecule has 0 saturated heterocycles. The quantitative estimate of drug-likeness (QED) is 0.666. The van der Waals surface area contributed by atoms with Gasteiger partial charge < -0.3 is 10.1 Å². The van der Waals surface area contributed by atoms with Gasteiger partial charge in [-0.3, -0.25) is 4.79 Å². The lowest BCUT2D eigenvalue weighted by molar-refractivity contribution is 0.102. The molecule has 6 heteroatoms. The first-order valence-electron chi connectivity index (χ1n) is 6.30. The Morgan fingerprint density at radius 3 is 2.50 bits per heavy atom. The largest absolute Gasteiger partial charge is 0.488 e. The van der Waals surface area contributed by atoms with Gasteiger partial charge in [-0.2, -0.15) is 0 Å². The van der Waals surface area contributed by atoms with E-state index in [0.717, 1.165) is 0 Å². The minimum Gasteiger partial charge on any atom is -0.488 e. The van der Waals surface area contributed by atoms with Crippen LogP contribution >= 0.6 is 39.1 Å². The first-order valence-corrected chi connectivity index (χ1v) is 7.85. The topological polar surface area (TPSA) is 38.3 Å². The van der Waals surface area contributed by atoms with Crippen LogP contribution in [0.3, 0.4) is 0 Å². The number of carbonyl (C=O) groups excluding carboxylic acids is 1. The lowest BCUT2D eigenvalue weighted by atomic mass is 10.2. The van der Waals surface area contributed by atoms with Crippen molar-refractivity contribution in [1.82, 2.24) is 0 Å². The van der Waals surface area contributed by atoms with Crippen LogP contribution in [0.15, 0.2) is 53.5 Å². The third kappa shape index (κ3) is 4.50. The van der Waals surface area contributed by atoms with Crippen molar-refractivity contribution in [2.45, 2.75) is 0 Å². The Kier molecular flexibility index (Phi) is 5.89. The minimum atomic E-state index is -0.269. The Morgan fingerprint density at radius 1 is 1.23 bits per heavy atom. The van der Waals surface area contributed by atoms with Gasteiger partial charge in [-0.25, -0.2) is 0 Å². The van der Waals surface area contributed by atoms with E-state index >= 15 is 0 Å². The van der Waals surface area contributed by atoms with Crippen LogP contribution in [0.1, 0.15) is 10.4 Å². The molecule has 0 heterocycles. The molecule has 0 aliphatic rings. The molecule has 0 aromatic heterocycles. The number of halogens is 3. The van der Waals surface area contributed by atoms with Gasteiger partial charge in [0.2, 0.25) is 0 Å². The lowest BCUT2D eigenvalue weighted by Gasteiger charge is -2.09. The highest BCUT2D eigenvalue weighted by atomic mass is 79.9. The summed E-state index contributed by atoms with van der Waals surface area (Å²) in [6.45, 7) is 3.98. The highest BCUT2D eigenvalue weighted by Gasteiger charge is 2.10. The van der Waals surface area contributed by atoms with Crippen molar-refractivity contribution in [2.24, 2.45) is 0 Å². The van der Waals surface area contributed by atoms with Gasteiger partial charge in [0.05, 0.1) is 4.47 Å². The summed E-state index contributed by atoms with van der Waals surface area (Å²) in [6, 6.07) is 9.92. The highest BCUT2D eigenvalue weighted by molar-refractivity contribution is 9.10. The standard InChI is InChI=1S/C16H12BrCl2NO2/c1-2-5-22-15-4-3-10(6-14(15)17)16(21)20-13-8-11(18)7-12(19)9-13/h2-4,6-9H,1,5H2,(H,20,21). The van der Waals surface area contributed by atoms with Gasteiger partial charge >= 0.3 is 0 Å². The highest BCUT2D eigenvalue weighted by Crippen LogP contribution is 2.27. The van der Waals surface area contributed by atoms with Crippen LogP contribution in [0.25, 0.3) is 0 Å². The summed E-state index contributed by atoms with van der Waals surface area (Å²) >= 11 is 15.2. The molecule has 1 N–H and O–H groups in total. The molecule has 22 heavy (non-hydrogen) atoms. The van der Waals surface area contributed by atoms with Crippen LogP contribution in [0, 0.1) is 0 Å². The fourth-order valence-electron chi connectivity index (χ4n) is 1.74. The molecule has 2 aromatic carbocycles.